The summed E-state index contributed by atoms with van der Waals surface area (Å²) in [6.07, 6.45) is 30.4. The quantitative estimate of drug-likeness (QED) is 0.105. The molecule has 3 aromatic rings. The number of epoxide rings is 1. The van der Waals surface area contributed by atoms with E-state index in [0.717, 1.165) is 80.1 Å². The highest BCUT2D eigenvalue weighted by molar-refractivity contribution is 8.76. The number of nitrogens with two attached hydrogens (primary N) is 1. The Hall–Kier alpha value is -2.43. The highest BCUT2D eigenvalue weighted by Crippen LogP contribution is 2.72. The summed E-state index contributed by atoms with van der Waals surface area (Å²) in [6.45, 7) is 8.20. The van der Waals surface area contributed by atoms with Gasteiger partial charge in [0.15, 0.2) is 5.96 Å². The molecular formula is C58H81N3O4S2. The van der Waals surface area contributed by atoms with Gasteiger partial charge in [0.2, 0.25) is 0 Å². The third kappa shape index (κ3) is 9.35. The van der Waals surface area contributed by atoms with Gasteiger partial charge in [-0.25, -0.2) is 0 Å². The zero-order chi connectivity index (χ0) is 45.8. The van der Waals surface area contributed by atoms with Crippen molar-refractivity contribution in [1.29, 1.82) is 0 Å². The van der Waals surface area contributed by atoms with Crippen LogP contribution in [0.25, 0.3) is 10.8 Å². The Bertz CT molecular complexity index is 2260. The number of ether oxygens (including phenoxy) is 1. The lowest BCUT2D eigenvalue weighted by atomic mass is 9.40. The summed E-state index contributed by atoms with van der Waals surface area (Å²) < 4.78 is 12.7. The number of aliphatic hydroxyl groups is 2. The molecule has 9 heteroatoms. The van der Waals surface area contributed by atoms with E-state index in [1.54, 1.807) is 5.57 Å². The molecule has 1 saturated heterocycles. The van der Waals surface area contributed by atoms with Crippen molar-refractivity contribution in [3.05, 3.63) is 83.8 Å². The molecule has 0 unspecified atom stereocenters. The zero-order valence-corrected chi connectivity index (χ0v) is 42.2. The number of hydrogen-bond donors (Lipinski definition) is 4. The Morgan fingerprint density at radius 2 is 1.73 bits per heavy atom. The van der Waals surface area contributed by atoms with Crippen LogP contribution in [0.2, 0.25) is 0 Å². The molecule has 3 heterocycles. The van der Waals surface area contributed by atoms with E-state index in [1.165, 1.54) is 112 Å². The number of aliphatic hydroxyl groups excluding tert-OH is 1. The van der Waals surface area contributed by atoms with Crippen LogP contribution in [0, 0.1) is 46.3 Å². The Kier molecular flexibility index (Phi) is 13.5. The fraction of sp³-hybridized carbons (Fsp3) is 0.707. The summed E-state index contributed by atoms with van der Waals surface area (Å²) in [5, 5.41) is 28.1. The van der Waals surface area contributed by atoms with Gasteiger partial charge in [-0.3, -0.25) is 4.99 Å². The molecular weight excluding hydrogens is 867 g/mol. The van der Waals surface area contributed by atoms with Crippen LogP contribution in [0.5, 0.6) is 0 Å². The first kappa shape index (κ1) is 46.9. The third-order valence-corrected chi connectivity index (χ3v) is 22.6. The van der Waals surface area contributed by atoms with E-state index in [9.17, 15) is 10.2 Å². The standard InChI is InChI=1S/C58H81N3O4S2/c1-38-29-56(26-21-39(30-56)22-27-57(63)24-9-15-47(62)31-57)53-55(2,65-53)25-23-51-49(38)32-58(51,45-13-4-3-5-14-45)46-20-19-41(28-46)52-37-67-66-36-44-11-7-6-10-40(44)17-18-42(33-60-54(59)61-52)48-16-8-12-43-34-64-35-50(43)48/h6-8,10-12,16,34-35,39,41-42,45-47,49,51-53,62-63H,1,3-5,9,13-15,17-33,36-37H2,2H3,(H3,59,60,61)/t39-,41-,42+,46-,47-,49+,51+,52+,53+,55+,56+,57+,58-/m0/s1. The average molecular weight is 948 g/mol. The van der Waals surface area contributed by atoms with Gasteiger partial charge in [0.05, 0.1) is 35.9 Å². The Morgan fingerprint density at radius 1 is 0.866 bits per heavy atom. The smallest absolute Gasteiger partial charge is 0.188 e. The van der Waals surface area contributed by atoms with Gasteiger partial charge in [0.1, 0.15) is 0 Å². The molecule has 6 aliphatic carbocycles. The highest BCUT2D eigenvalue weighted by Gasteiger charge is 2.68. The molecule has 0 radical (unpaired) electrons. The second-order valence-electron chi connectivity index (χ2n) is 24.1. The molecule has 1 spiro atoms. The number of aliphatic imine (C=N–C) groups is 1. The normalized spacial score (nSPS) is 41.1. The Balaban J connectivity index is 0.815. The first-order chi connectivity index (χ1) is 32.5. The lowest BCUT2D eigenvalue weighted by Gasteiger charge is -2.64. The maximum atomic E-state index is 11.4. The summed E-state index contributed by atoms with van der Waals surface area (Å²) in [7, 11) is 4.05. The maximum absolute atomic E-state index is 11.4. The maximum Gasteiger partial charge on any atom is 0.188 e. The van der Waals surface area contributed by atoms with Gasteiger partial charge in [-0.05, 0) is 187 Å². The van der Waals surface area contributed by atoms with Crippen LogP contribution in [0.15, 0.2) is 76.6 Å². The summed E-state index contributed by atoms with van der Waals surface area (Å²) in [5.41, 5.74) is 12.6. The number of allylic oxidation sites excluding steroid dienone is 1. The van der Waals surface area contributed by atoms with E-state index < -0.39 is 5.60 Å². The van der Waals surface area contributed by atoms with E-state index in [0.29, 0.717) is 54.1 Å². The Morgan fingerprint density at radius 3 is 2.60 bits per heavy atom. The van der Waals surface area contributed by atoms with Crippen molar-refractivity contribution in [2.45, 2.75) is 196 Å². The van der Waals surface area contributed by atoms with E-state index in [4.69, 9.17) is 26.5 Å². The van der Waals surface area contributed by atoms with Crippen molar-refractivity contribution < 1.29 is 19.4 Å². The number of nitrogens with one attached hydrogen (secondary N) is 1. The number of benzene rings is 2. The number of aryl methyl sites for hydroxylation is 1. The lowest BCUT2D eigenvalue weighted by molar-refractivity contribution is -0.139. The second kappa shape index (κ2) is 19.3. The number of nitrogens with zero attached hydrogens (tertiary/aromatic N) is 1. The number of fused-ring (bicyclic) bond motifs is 5. The predicted molar refractivity (Wildman–Crippen MR) is 277 cm³/mol. The Labute approximate surface area is 409 Å². The molecule has 7 nitrogen and oxygen atoms in total. The van der Waals surface area contributed by atoms with Crippen LogP contribution in [-0.2, 0) is 16.9 Å². The van der Waals surface area contributed by atoms with Crippen LogP contribution in [0.1, 0.15) is 171 Å². The van der Waals surface area contributed by atoms with Gasteiger partial charge in [0, 0.05) is 52.6 Å². The molecule has 1 aromatic heterocycles. The highest BCUT2D eigenvalue weighted by atomic mass is 33.1. The van der Waals surface area contributed by atoms with Crippen molar-refractivity contribution >= 4 is 38.3 Å². The van der Waals surface area contributed by atoms with Gasteiger partial charge >= 0.3 is 0 Å². The van der Waals surface area contributed by atoms with Gasteiger partial charge in [-0.2, -0.15) is 0 Å². The summed E-state index contributed by atoms with van der Waals surface area (Å²) in [5.74, 6) is 6.99. The zero-order valence-electron chi connectivity index (χ0n) is 40.6. The van der Waals surface area contributed by atoms with Crippen molar-refractivity contribution in [3.63, 3.8) is 0 Å². The number of furan rings is 1. The number of rotatable bonds is 7. The third-order valence-electron chi connectivity index (χ3n) is 20.2. The van der Waals surface area contributed by atoms with Crippen molar-refractivity contribution in [2.75, 3.05) is 12.3 Å². The minimum Gasteiger partial charge on any atom is -0.471 e. The number of guanidine groups is 1. The van der Waals surface area contributed by atoms with Gasteiger partial charge in [-0.1, -0.05) is 95.5 Å². The van der Waals surface area contributed by atoms with Crippen LogP contribution < -0.4 is 11.1 Å². The van der Waals surface area contributed by atoms with E-state index >= 15 is 0 Å². The molecule has 67 heavy (non-hydrogen) atoms. The van der Waals surface area contributed by atoms with E-state index in [-0.39, 0.29) is 29.1 Å². The molecule has 364 valence electrons. The summed E-state index contributed by atoms with van der Waals surface area (Å²) >= 11 is 0. The first-order valence-electron chi connectivity index (χ1n) is 27.1. The summed E-state index contributed by atoms with van der Waals surface area (Å²) in [4.78, 5) is 5.18. The fourth-order valence-electron chi connectivity index (χ4n) is 16.8. The van der Waals surface area contributed by atoms with Crippen molar-refractivity contribution in [3.8, 4) is 0 Å². The molecule has 7 fully saturated rings. The molecule has 2 aromatic carbocycles. The van der Waals surface area contributed by atoms with Gasteiger partial charge in [0.25, 0.3) is 0 Å². The monoisotopic (exact) mass is 948 g/mol. The lowest BCUT2D eigenvalue weighted by Crippen LogP contribution is -2.57. The van der Waals surface area contributed by atoms with E-state index in [1.807, 2.05) is 34.1 Å². The van der Waals surface area contributed by atoms with Crippen LogP contribution >= 0.6 is 21.6 Å². The van der Waals surface area contributed by atoms with Crippen LogP contribution in [-0.4, -0.2) is 57.9 Å². The molecule has 11 rings (SSSR count). The minimum atomic E-state index is -0.686. The molecule has 8 aliphatic rings. The average Bonchev–Trinajstić information content (AvgIpc) is 3.76. The van der Waals surface area contributed by atoms with Gasteiger partial charge in [-0.15, -0.1) is 0 Å². The summed E-state index contributed by atoms with van der Waals surface area (Å²) in [6, 6.07) is 15.9. The minimum absolute atomic E-state index is 0.0202. The van der Waals surface area contributed by atoms with Crippen LogP contribution in [0.4, 0.5) is 0 Å². The first-order valence-corrected chi connectivity index (χ1v) is 29.6. The molecule has 5 N–H and O–H groups in total. The largest absolute Gasteiger partial charge is 0.471 e. The van der Waals surface area contributed by atoms with Crippen LogP contribution in [0.3, 0.4) is 0 Å². The van der Waals surface area contributed by atoms with Gasteiger partial charge < -0.3 is 30.4 Å². The molecule has 6 saturated carbocycles. The predicted octanol–water partition coefficient (Wildman–Crippen LogP) is 13.1. The SMILES string of the molecule is C=C1C[C@@]2(CC[C@@H](CC[C@]3(O)CCC[C@H](O)C3)C2)[C@@H]2O[C@]2(C)CC[C@@H]2[C@@H]1C[C@]2(C1CCCCC1)[C@H]1CC[C@H]([C@H]2CSSCc3ccccc3CC[C@@H](c3cccc4cocc34)CN=C(N)N2)C1. The molecule has 0 bridgehead atoms. The molecule has 2 aliphatic heterocycles. The van der Waals surface area contributed by atoms with E-state index in [2.05, 4.69) is 54.7 Å². The fourth-order valence-corrected chi connectivity index (χ4v) is 19.2. The topological polar surface area (TPSA) is 117 Å². The van der Waals surface area contributed by atoms with Crippen molar-refractivity contribution in [2.24, 2.45) is 57.1 Å². The van der Waals surface area contributed by atoms with Crippen molar-refractivity contribution in [1.82, 2.24) is 5.32 Å². The second-order valence-corrected chi connectivity index (χ2v) is 26.6. The molecule has 13 atom stereocenters. The molecule has 0 amide bonds. The number of hydrogen-bond acceptors (Lipinski definition) is 9.